The Hall–Kier alpha value is -3.29. The van der Waals surface area contributed by atoms with E-state index < -0.39 is 12.4 Å². The van der Waals surface area contributed by atoms with Gasteiger partial charge in [0.25, 0.3) is 5.91 Å². The number of alkyl halides is 1. The van der Waals surface area contributed by atoms with E-state index in [9.17, 15) is 9.18 Å². The molecular weight excluding hydrogens is 313 g/mol. The minimum atomic E-state index is -1.29. The second kappa shape index (κ2) is 5.73. The highest BCUT2D eigenvalue weighted by atomic mass is 19.1. The molecule has 1 amide bonds. The van der Waals surface area contributed by atoms with Crippen LogP contribution in [0.25, 0.3) is 11.2 Å². The fourth-order valence-electron chi connectivity index (χ4n) is 2.49. The number of fused-ring (bicyclic) bond motifs is 1. The molecule has 3 aromatic rings. The first-order valence-electron chi connectivity index (χ1n) is 7.24. The van der Waals surface area contributed by atoms with Gasteiger partial charge in [-0.25, -0.2) is 19.3 Å². The van der Waals surface area contributed by atoms with Crippen LogP contribution in [0.5, 0.6) is 0 Å². The summed E-state index contributed by atoms with van der Waals surface area (Å²) in [7, 11) is 0. The van der Waals surface area contributed by atoms with E-state index in [1.807, 2.05) is 6.07 Å². The molecule has 0 fully saturated rings. The summed E-state index contributed by atoms with van der Waals surface area (Å²) in [6.07, 6.45) is 3.18. The van der Waals surface area contributed by atoms with Crippen LogP contribution in [0.15, 0.2) is 55.3 Å². The van der Waals surface area contributed by atoms with Gasteiger partial charge < -0.3 is 10.1 Å². The molecular formula is C16H12FN5O2. The lowest BCUT2D eigenvalue weighted by molar-refractivity contribution is 0.0541. The second-order valence-corrected chi connectivity index (χ2v) is 5.17. The Morgan fingerprint density at radius 2 is 2.04 bits per heavy atom. The van der Waals surface area contributed by atoms with Crippen LogP contribution in [0.2, 0.25) is 0 Å². The monoisotopic (exact) mass is 325 g/mol. The van der Waals surface area contributed by atoms with Gasteiger partial charge in [-0.1, -0.05) is 18.2 Å². The molecule has 0 saturated heterocycles. The number of nitrogens with one attached hydrogen (secondary N) is 1. The van der Waals surface area contributed by atoms with Crippen LogP contribution in [0, 0.1) is 0 Å². The average Bonchev–Trinajstić information content (AvgIpc) is 3.22. The molecule has 0 spiro atoms. The Kier molecular flexibility index (Phi) is 3.42. The number of hydrogen-bond acceptors (Lipinski definition) is 5. The fourth-order valence-corrected chi connectivity index (χ4v) is 2.49. The summed E-state index contributed by atoms with van der Waals surface area (Å²) in [5.74, 6) is -0.0544. The summed E-state index contributed by atoms with van der Waals surface area (Å²) >= 11 is 0. The van der Waals surface area contributed by atoms with E-state index in [1.54, 1.807) is 24.3 Å². The largest absolute Gasteiger partial charge is 0.474 e. The molecule has 7 nitrogen and oxygen atoms in total. The molecule has 8 heteroatoms. The highest BCUT2D eigenvalue weighted by Crippen LogP contribution is 2.28. The highest BCUT2D eigenvalue weighted by Gasteiger charge is 2.28. The van der Waals surface area contributed by atoms with Gasteiger partial charge in [0.15, 0.2) is 23.2 Å². The van der Waals surface area contributed by atoms with E-state index in [0.29, 0.717) is 16.7 Å². The number of imidazole rings is 1. The van der Waals surface area contributed by atoms with Gasteiger partial charge in [-0.3, -0.25) is 9.36 Å². The maximum absolute atomic E-state index is 13.8. The van der Waals surface area contributed by atoms with Gasteiger partial charge in [-0.05, 0) is 18.2 Å². The molecule has 24 heavy (non-hydrogen) atoms. The first kappa shape index (κ1) is 14.3. The fraction of sp³-hybridized carbons (Fsp3) is 0.125. The number of benzene rings is 1. The summed E-state index contributed by atoms with van der Waals surface area (Å²) in [4.78, 5) is 24.7. The first-order chi connectivity index (χ1) is 11.7. The van der Waals surface area contributed by atoms with Crippen molar-refractivity contribution in [2.45, 2.75) is 12.4 Å². The predicted octanol–water partition coefficient (Wildman–Crippen LogP) is 2.46. The maximum Gasteiger partial charge on any atom is 0.256 e. The SMILES string of the molecule is O=C(Nc1ncnc2c1ncn2[C@@H]1OC=C[C@@H]1F)c1ccccc1. The summed E-state index contributed by atoms with van der Waals surface area (Å²) in [6, 6.07) is 8.75. The van der Waals surface area contributed by atoms with E-state index in [1.165, 1.54) is 29.6 Å². The average molecular weight is 325 g/mol. The maximum atomic E-state index is 13.8. The number of ether oxygens (including phenoxy) is 1. The van der Waals surface area contributed by atoms with E-state index in [0.717, 1.165) is 0 Å². The van der Waals surface area contributed by atoms with Gasteiger partial charge >= 0.3 is 0 Å². The zero-order valence-corrected chi connectivity index (χ0v) is 12.3. The molecule has 0 unspecified atom stereocenters. The van der Waals surface area contributed by atoms with Gasteiger partial charge in [0, 0.05) is 5.56 Å². The van der Waals surface area contributed by atoms with Gasteiger partial charge in [0.05, 0.1) is 6.26 Å². The number of carbonyl (C=O) groups excluding carboxylic acids is 1. The molecule has 120 valence electrons. The molecule has 0 saturated carbocycles. The molecule has 1 N–H and O–H groups in total. The van der Waals surface area contributed by atoms with Crippen LogP contribution in [0.4, 0.5) is 10.2 Å². The van der Waals surface area contributed by atoms with Crippen LogP contribution >= 0.6 is 0 Å². The quantitative estimate of drug-likeness (QED) is 0.800. The lowest BCUT2D eigenvalue weighted by Crippen LogP contribution is -2.16. The predicted molar refractivity (Wildman–Crippen MR) is 83.9 cm³/mol. The molecule has 1 aromatic carbocycles. The van der Waals surface area contributed by atoms with Crippen molar-refractivity contribution in [3.8, 4) is 0 Å². The van der Waals surface area contributed by atoms with Crippen molar-refractivity contribution in [1.29, 1.82) is 0 Å². The van der Waals surface area contributed by atoms with Crippen LogP contribution in [0.1, 0.15) is 16.6 Å². The Labute approximate surface area is 135 Å². The van der Waals surface area contributed by atoms with Crippen molar-refractivity contribution in [2.75, 3.05) is 5.32 Å². The molecule has 4 rings (SSSR count). The molecule has 0 radical (unpaired) electrons. The zero-order valence-electron chi connectivity index (χ0n) is 12.3. The van der Waals surface area contributed by atoms with Gasteiger partial charge in [-0.2, -0.15) is 0 Å². The van der Waals surface area contributed by atoms with E-state index in [-0.39, 0.29) is 11.7 Å². The normalized spacial score (nSPS) is 19.4. The lowest BCUT2D eigenvalue weighted by atomic mass is 10.2. The molecule has 1 aliphatic rings. The van der Waals surface area contributed by atoms with E-state index in [4.69, 9.17) is 4.74 Å². The first-order valence-corrected chi connectivity index (χ1v) is 7.24. The number of hydrogen-bond donors (Lipinski definition) is 1. The van der Waals surface area contributed by atoms with Crippen molar-refractivity contribution < 1.29 is 13.9 Å². The smallest absolute Gasteiger partial charge is 0.256 e. The topological polar surface area (TPSA) is 81.9 Å². The summed E-state index contributed by atoms with van der Waals surface area (Å²) in [5, 5.41) is 2.70. The Bertz CT molecular complexity index is 925. The third-order valence-electron chi connectivity index (χ3n) is 3.65. The third kappa shape index (κ3) is 2.37. The zero-order chi connectivity index (χ0) is 16.5. The Balaban J connectivity index is 1.68. The molecule has 1 aliphatic heterocycles. The van der Waals surface area contributed by atoms with Gasteiger partial charge in [0.2, 0.25) is 6.23 Å². The van der Waals surface area contributed by atoms with Crippen molar-refractivity contribution in [3.05, 3.63) is 60.9 Å². The summed E-state index contributed by atoms with van der Waals surface area (Å²) < 4.78 is 20.5. The Morgan fingerprint density at radius 1 is 1.21 bits per heavy atom. The van der Waals surface area contributed by atoms with Crippen LogP contribution in [-0.4, -0.2) is 31.6 Å². The minimum absolute atomic E-state index is 0.258. The lowest BCUT2D eigenvalue weighted by Gasteiger charge is -2.14. The number of carbonyl (C=O) groups is 1. The van der Waals surface area contributed by atoms with E-state index in [2.05, 4.69) is 20.3 Å². The number of amides is 1. The third-order valence-corrected chi connectivity index (χ3v) is 3.65. The molecule has 3 heterocycles. The molecule has 0 aliphatic carbocycles. The summed E-state index contributed by atoms with van der Waals surface area (Å²) in [6.45, 7) is 0. The molecule has 0 bridgehead atoms. The summed E-state index contributed by atoms with van der Waals surface area (Å²) in [5.41, 5.74) is 1.24. The van der Waals surface area contributed by atoms with Crippen LogP contribution in [0.3, 0.4) is 0 Å². The Morgan fingerprint density at radius 3 is 2.79 bits per heavy atom. The van der Waals surface area contributed by atoms with Gasteiger partial charge in [0.1, 0.15) is 12.7 Å². The number of aromatic nitrogens is 4. The van der Waals surface area contributed by atoms with Gasteiger partial charge in [-0.15, -0.1) is 0 Å². The number of halogens is 1. The van der Waals surface area contributed by atoms with Crippen molar-refractivity contribution in [3.63, 3.8) is 0 Å². The van der Waals surface area contributed by atoms with E-state index >= 15 is 0 Å². The van der Waals surface area contributed by atoms with Crippen molar-refractivity contribution >= 4 is 22.9 Å². The van der Waals surface area contributed by atoms with Crippen molar-refractivity contribution in [1.82, 2.24) is 19.5 Å². The second-order valence-electron chi connectivity index (χ2n) is 5.17. The van der Waals surface area contributed by atoms with Crippen LogP contribution < -0.4 is 5.32 Å². The number of nitrogens with zero attached hydrogens (tertiary/aromatic N) is 4. The number of anilines is 1. The van der Waals surface area contributed by atoms with Crippen LogP contribution in [-0.2, 0) is 4.74 Å². The highest BCUT2D eigenvalue weighted by molar-refractivity contribution is 6.06. The minimum Gasteiger partial charge on any atom is -0.474 e. The standard InChI is InChI=1S/C16H12FN5O2/c17-11-6-7-24-16(11)22-9-20-12-13(18-8-19-14(12)22)21-15(23)10-4-2-1-3-5-10/h1-9,11,16H,(H,18,19,21,23)/t11-,16+/m0/s1. The number of rotatable bonds is 3. The van der Waals surface area contributed by atoms with Crippen molar-refractivity contribution in [2.24, 2.45) is 0 Å². The molecule has 2 aromatic heterocycles. The molecule has 2 atom stereocenters.